The van der Waals surface area contributed by atoms with Gasteiger partial charge in [-0.2, -0.15) is 13.2 Å². The van der Waals surface area contributed by atoms with Crippen LogP contribution in [0.5, 0.6) is 5.75 Å². The molecule has 8 atom stereocenters. The number of nitrogens with one attached hydrogen (secondary N) is 1. The largest absolute Gasteiger partial charge is 0.486 e. The predicted octanol–water partition coefficient (Wildman–Crippen LogP) is 5.99. The minimum Gasteiger partial charge on any atom is -0.486 e. The fourth-order valence-corrected chi connectivity index (χ4v) is 9.04. The second-order valence-electron chi connectivity index (χ2n) is 14.1. The molecule has 0 heterocycles. The monoisotopic (exact) mass is 669 g/mol. The number of alkyl halides is 3. The molecule has 4 N–H and O–H groups in total. The lowest BCUT2D eigenvalue weighted by atomic mass is 9.46. The van der Waals surface area contributed by atoms with Crippen LogP contribution in [0.2, 0.25) is 0 Å². The van der Waals surface area contributed by atoms with Gasteiger partial charge in [-0.3, -0.25) is 9.59 Å². The Morgan fingerprint density at radius 3 is 2.40 bits per heavy atom. The van der Waals surface area contributed by atoms with E-state index < -0.39 is 41.2 Å². The molecule has 0 radical (unpaired) electrons. The number of benzene rings is 2. The predicted molar refractivity (Wildman–Crippen MR) is 175 cm³/mol. The molecule has 0 bridgehead atoms. The van der Waals surface area contributed by atoms with Gasteiger partial charge in [-0.1, -0.05) is 55.8 Å². The Kier molecular flexibility index (Phi) is 10.4. The van der Waals surface area contributed by atoms with E-state index in [0.717, 1.165) is 55.5 Å². The number of fused-ring (bicyclic) bond motifs is 5. The van der Waals surface area contributed by atoms with E-state index in [0.29, 0.717) is 18.6 Å². The first-order valence-electron chi connectivity index (χ1n) is 16.7. The molecule has 3 saturated carbocycles. The van der Waals surface area contributed by atoms with Crippen LogP contribution in [-0.2, 0) is 15.8 Å². The maximum atomic E-state index is 12.6. The van der Waals surface area contributed by atoms with E-state index in [2.05, 4.69) is 12.2 Å². The van der Waals surface area contributed by atoms with Crippen LogP contribution >= 0.6 is 0 Å². The van der Waals surface area contributed by atoms with Gasteiger partial charge in [-0.25, -0.2) is 0 Å². The smallest absolute Gasteiger partial charge is 0.416 e. The fraction of sp³-hybridized carbons (Fsp3) is 0.526. The van der Waals surface area contributed by atoms with Crippen LogP contribution in [0.15, 0.2) is 78.4 Å². The number of hydrogen-bond acceptors (Lipinski definition) is 7. The summed E-state index contributed by atoms with van der Waals surface area (Å²) in [5.74, 6) is 0.202. The summed E-state index contributed by atoms with van der Waals surface area (Å²) in [5, 5.41) is 34.7. The zero-order valence-corrected chi connectivity index (χ0v) is 27.7. The summed E-state index contributed by atoms with van der Waals surface area (Å²) in [7, 11) is 1.85. The number of hydrogen-bond donors (Lipinski definition) is 4. The van der Waals surface area contributed by atoms with Crippen molar-refractivity contribution in [3.63, 3.8) is 0 Å². The fourth-order valence-electron chi connectivity index (χ4n) is 9.04. The van der Waals surface area contributed by atoms with Crippen LogP contribution in [-0.4, -0.2) is 58.8 Å². The molecule has 7 nitrogen and oxygen atoms in total. The summed E-state index contributed by atoms with van der Waals surface area (Å²) in [6.07, 6.45) is 3.87. The van der Waals surface area contributed by atoms with E-state index in [-0.39, 0.29) is 35.1 Å². The summed E-state index contributed by atoms with van der Waals surface area (Å²) >= 11 is 0. The minimum atomic E-state index is -4.33. The first-order valence-corrected chi connectivity index (χ1v) is 16.7. The van der Waals surface area contributed by atoms with Crippen LogP contribution in [0.1, 0.15) is 69.6 Å². The third-order valence-electron chi connectivity index (χ3n) is 11.5. The molecule has 0 spiro atoms. The third kappa shape index (κ3) is 6.64. The van der Waals surface area contributed by atoms with Crippen molar-refractivity contribution in [2.45, 2.75) is 76.4 Å². The van der Waals surface area contributed by atoms with Crippen LogP contribution in [0.25, 0.3) is 0 Å². The van der Waals surface area contributed by atoms with E-state index in [4.69, 9.17) is 4.74 Å². The zero-order chi connectivity index (χ0) is 34.9. The van der Waals surface area contributed by atoms with Crippen molar-refractivity contribution >= 4 is 11.6 Å². The lowest BCUT2D eigenvalue weighted by Gasteiger charge is -2.59. The number of Topliss-reactive ketones (excluding diaryl/α,β-unsaturated/α-hetero) is 1. The molecule has 0 saturated heterocycles. The van der Waals surface area contributed by atoms with Crippen molar-refractivity contribution in [2.24, 2.45) is 28.6 Å². The Morgan fingerprint density at radius 1 is 1.08 bits per heavy atom. The maximum absolute atomic E-state index is 12.6. The SMILES string of the molecule is CNCCC(Oc1ccc(C(F)(F)F)cc1)c1ccccc1.C[C@]12C=CC(=O)C=C1CC[C@@H]1[C@@H]2[C@@H](O)C[C@@]2(C)[C@H]1CC[C@]2(O)C(=O)CO. The highest BCUT2D eigenvalue weighted by Crippen LogP contribution is 2.67. The number of ketones is 2. The van der Waals surface area contributed by atoms with Gasteiger partial charge < -0.3 is 25.4 Å². The number of halogens is 3. The molecule has 0 aromatic heterocycles. The summed E-state index contributed by atoms with van der Waals surface area (Å²) in [4.78, 5) is 24.2. The first-order chi connectivity index (χ1) is 22.7. The zero-order valence-electron chi connectivity index (χ0n) is 27.7. The minimum absolute atomic E-state index is 0.00912. The molecule has 1 unspecified atom stereocenters. The van der Waals surface area contributed by atoms with Crippen molar-refractivity contribution in [1.82, 2.24) is 5.32 Å². The lowest BCUT2D eigenvalue weighted by Crippen LogP contribution is -2.61. The highest BCUT2D eigenvalue weighted by atomic mass is 19.4. The number of aliphatic hydroxyl groups excluding tert-OH is 2. The number of allylic oxidation sites excluding steroid dienone is 4. The highest BCUT2D eigenvalue weighted by molar-refractivity contribution is 6.01. The quantitative estimate of drug-likeness (QED) is 0.273. The Hall–Kier alpha value is -3.31. The second kappa shape index (κ2) is 13.9. The average Bonchev–Trinajstić information content (AvgIpc) is 3.33. The molecule has 48 heavy (non-hydrogen) atoms. The number of carbonyl (C=O) groups is 2. The molecule has 0 aliphatic heterocycles. The molecule has 4 aliphatic carbocycles. The standard InChI is InChI=1S/C21H28O5.C17H18F3NO/c1-19-7-5-13(23)9-12(19)3-4-14-15-6-8-21(26,17(25)11-22)20(15,2)10-16(24)18(14)19;1-21-12-11-16(13-5-3-2-4-6-13)22-15-9-7-14(8-10-15)17(18,19)20/h5,7,9,14-16,18,22,24,26H,3-4,6,8,10-11H2,1-2H3;2-10,16,21H,11-12H2,1H3/t14-,15-,16-,18+,19-,20-,21-;/m0./s1. The second-order valence-corrected chi connectivity index (χ2v) is 14.1. The van der Waals surface area contributed by atoms with Crippen molar-refractivity contribution < 1.29 is 42.8 Å². The molecule has 2 aromatic carbocycles. The van der Waals surface area contributed by atoms with E-state index >= 15 is 0 Å². The van der Waals surface area contributed by atoms with Crippen molar-refractivity contribution in [3.05, 3.63) is 89.5 Å². The molecule has 0 amide bonds. The topological polar surface area (TPSA) is 116 Å². The molecule has 260 valence electrons. The summed E-state index contributed by atoms with van der Waals surface area (Å²) in [6, 6.07) is 14.4. The van der Waals surface area contributed by atoms with Crippen molar-refractivity contribution in [2.75, 3.05) is 20.2 Å². The van der Waals surface area contributed by atoms with E-state index in [1.165, 1.54) is 12.1 Å². The van der Waals surface area contributed by atoms with Gasteiger partial charge in [0.25, 0.3) is 0 Å². The van der Waals surface area contributed by atoms with Gasteiger partial charge in [0.2, 0.25) is 0 Å². The van der Waals surface area contributed by atoms with Gasteiger partial charge in [-0.05, 0) is 99.5 Å². The van der Waals surface area contributed by atoms with Gasteiger partial charge in [0.05, 0.1) is 11.7 Å². The van der Waals surface area contributed by atoms with E-state index in [1.807, 2.05) is 50.4 Å². The number of aliphatic hydroxyl groups is 3. The van der Waals surface area contributed by atoms with Crippen LogP contribution in [0.4, 0.5) is 13.2 Å². The summed E-state index contributed by atoms with van der Waals surface area (Å²) in [5.41, 5.74) is -1.22. The molecule has 10 heteroatoms. The normalized spacial score (nSPS) is 32.9. The highest BCUT2D eigenvalue weighted by Gasteiger charge is 2.68. The summed E-state index contributed by atoms with van der Waals surface area (Å²) in [6.45, 7) is 4.09. The van der Waals surface area contributed by atoms with Crippen LogP contribution in [0, 0.1) is 28.6 Å². The third-order valence-corrected chi connectivity index (χ3v) is 11.5. The lowest BCUT2D eigenvalue weighted by molar-refractivity contribution is -0.178. The molecule has 4 aliphatic rings. The van der Waals surface area contributed by atoms with Crippen molar-refractivity contribution in [3.8, 4) is 5.75 Å². The molecular formula is C38H46F3NO6. The molecular weight excluding hydrogens is 623 g/mol. The Bertz CT molecular complexity index is 1530. The van der Waals surface area contributed by atoms with E-state index in [9.17, 15) is 38.1 Å². The Labute approximate surface area is 279 Å². The average molecular weight is 670 g/mol. The van der Waals surface area contributed by atoms with Gasteiger partial charge >= 0.3 is 6.18 Å². The van der Waals surface area contributed by atoms with Gasteiger partial charge in [0.1, 0.15) is 24.1 Å². The number of ether oxygens (including phenoxy) is 1. The van der Waals surface area contributed by atoms with Crippen LogP contribution < -0.4 is 10.1 Å². The number of carbonyl (C=O) groups excluding carboxylic acids is 2. The van der Waals surface area contributed by atoms with Crippen molar-refractivity contribution in [1.29, 1.82) is 0 Å². The first kappa shape index (κ1) is 36.0. The van der Waals surface area contributed by atoms with Gasteiger partial charge in [0, 0.05) is 23.2 Å². The molecule has 2 aromatic rings. The maximum Gasteiger partial charge on any atom is 0.416 e. The Balaban J connectivity index is 0.000000191. The summed E-state index contributed by atoms with van der Waals surface area (Å²) < 4.78 is 43.6. The Morgan fingerprint density at radius 2 is 1.77 bits per heavy atom. The van der Waals surface area contributed by atoms with E-state index in [1.54, 1.807) is 12.2 Å². The number of rotatable bonds is 8. The molecule has 3 fully saturated rings. The molecule has 6 rings (SSSR count). The van der Waals surface area contributed by atoms with Gasteiger partial charge in [-0.15, -0.1) is 0 Å². The van der Waals surface area contributed by atoms with Gasteiger partial charge in [0.15, 0.2) is 11.6 Å². The van der Waals surface area contributed by atoms with Crippen LogP contribution in [0.3, 0.4) is 0 Å².